The number of pyridine rings is 2. The average molecular weight is 258 g/mol. The van der Waals surface area contributed by atoms with Gasteiger partial charge in [-0.2, -0.15) is 0 Å². The minimum absolute atomic E-state index is 0.516. The first-order chi connectivity index (χ1) is 8.66. The van der Waals surface area contributed by atoms with Crippen LogP contribution >= 0.6 is 11.6 Å². The molecular weight excluding hydrogens is 246 g/mol. The molecule has 0 saturated heterocycles. The zero-order chi connectivity index (χ0) is 12.7. The molecule has 18 heavy (non-hydrogen) atoms. The zero-order valence-corrected chi connectivity index (χ0v) is 10.9. The monoisotopic (exact) mass is 257 g/mol. The van der Waals surface area contributed by atoms with E-state index in [0.717, 1.165) is 27.9 Å². The van der Waals surface area contributed by atoms with Crippen molar-refractivity contribution in [3.05, 3.63) is 47.5 Å². The number of nitrogens with zero attached hydrogens (tertiary/aromatic N) is 3. The fourth-order valence-electron chi connectivity index (χ4n) is 2.22. The van der Waals surface area contributed by atoms with E-state index in [0.29, 0.717) is 5.15 Å². The second kappa shape index (κ2) is 4.10. The maximum absolute atomic E-state index is 5.92. The highest BCUT2D eigenvalue weighted by atomic mass is 35.5. The van der Waals surface area contributed by atoms with Crippen molar-refractivity contribution in [1.29, 1.82) is 0 Å². The van der Waals surface area contributed by atoms with Gasteiger partial charge >= 0.3 is 0 Å². The molecule has 3 rings (SSSR count). The molecule has 0 amide bonds. The highest BCUT2D eigenvalue weighted by Gasteiger charge is 2.10. The lowest BCUT2D eigenvalue weighted by molar-refractivity contribution is 0.969. The van der Waals surface area contributed by atoms with E-state index in [1.54, 1.807) is 12.4 Å². The van der Waals surface area contributed by atoms with Crippen LogP contribution in [0.25, 0.3) is 22.2 Å². The van der Waals surface area contributed by atoms with E-state index in [-0.39, 0.29) is 0 Å². The van der Waals surface area contributed by atoms with Crippen LogP contribution in [-0.4, -0.2) is 14.5 Å². The van der Waals surface area contributed by atoms with E-state index in [9.17, 15) is 0 Å². The highest BCUT2D eigenvalue weighted by Crippen LogP contribution is 2.29. The van der Waals surface area contributed by atoms with Crippen molar-refractivity contribution in [3.8, 4) is 11.3 Å². The summed E-state index contributed by atoms with van der Waals surface area (Å²) in [4.78, 5) is 8.46. The molecule has 0 saturated carbocycles. The molecule has 0 aromatic carbocycles. The normalized spacial score (nSPS) is 11.1. The fraction of sp³-hybridized carbons (Fsp3) is 0.143. The fourth-order valence-corrected chi connectivity index (χ4v) is 2.39. The van der Waals surface area contributed by atoms with Gasteiger partial charge < -0.3 is 4.57 Å². The number of hydrogen-bond donors (Lipinski definition) is 0. The molecule has 0 spiro atoms. The maximum atomic E-state index is 5.92. The van der Waals surface area contributed by atoms with Crippen molar-refractivity contribution in [3.63, 3.8) is 0 Å². The molecule has 3 heterocycles. The van der Waals surface area contributed by atoms with Crippen LogP contribution in [0.3, 0.4) is 0 Å². The molecule has 0 aliphatic carbocycles. The molecule has 0 unspecified atom stereocenters. The SMILES string of the molecule is Cc1ncccc1-c1cc2cc(Cl)ncc2n1C. The topological polar surface area (TPSA) is 30.7 Å². The summed E-state index contributed by atoms with van der Waals surface area (Å²) < 4.78 is 2.11. The van der Waals surface area contributed by atoms with Crippen LogP contribution < -0.4 is 0 Å². The van der Waals surface area contributed by atoms with Crippen LogP contribution in [-0.2, 0) is 7.05 Å². The molecule has 0 aliphatic rings. The predicted molar refractivity (Wildman–Crippen MR) is 73.7 cm³/mol. The van der Waals surface area contributed by atoms with E-state index >= 15 is 0 Å². The van der Waals surface area contributed by atoms with E-state index in [2.05, 4.69) is 26.7 Å². The van der Waals surface area contributed by atoms with Gasteiger partial charge in [-0.15, -0.1) is 0 Å². The molecule has 0 aliphatic heterocycles. The smallest absolute Gasteiger partial charge is 0.129 e. The van der Waals surface area contributed by atoms with Gasteiger partial charge in [0.1, 0.15) is 5.15 Å². The Hall–Kier alpha value is -1.87. The first-order valence-electron chi connectivity index (χ1n) is 5.70. The van der Waals surface area contributed by atoms with Crippen LogP contribution in [0.2, 0.25) is 5.15 Å². The lowest BCUT2D eigenvalue weighted by Gasteiger charge is -2.06. The molecule has 3 aromatic heterocycles. The quantitative estimate of drug-likeness (QED) is 0.624. The Balaban J connectivity index is 2.31. The largest absolute Gasteiger partial charge is 0.342 e. The molecule has 0 radical (unpaired) electrons. The van der Waals surface area contributed by atoms with Gasteiger partial charge in [-0.25, -0.2) is 4.98 Å². The van der Waals surface area contributed by atoms with Crippen LogP contribution in [0, 0.1) is 6.92 Å². The number of hydrogen-bond acceptors (Lipinski definition) is 2. The molecule has 3 nitrogen and oxygen atoms in total. The molecule has 0 fully saturated rings. The zero-order valence-electron chi connectivity index (χ0n) is 10.2. The summed E-state index contributed by atoms with van der Waals surface area (Å²) >= 11 is 5.92. The van der Waals surface area contributed by atoms with Crippen LogP contribution in [0.1, 0.15) is 5.69 Å². The van der Waals surface area contributed by atoms with Crippen LogP contribution in [0.5, 0.6) is 0 Å². The molecule has 0 bridgehead atoms. The third-order valence-corrected chi connectivity index (χ3v) is 3.39. The number of fused-ring (bicyclic) bond motifs is 1. The Morgan fingerprint density at radius 1 is 1.22 bits per heavy atom. The van der Waals surface area contributed by atoms with E-state index in [4.69, 9.17) is 11.6 Å². The van der Waals surface area contributed by atoms with Gasteiger partial charge in [0.15, 0.2) is 0 Å². The van der Waals surface area contributed by atoms with Gasteiger partial charge in [0.2, 0.25) is 0 Å². The summed E-state index contributed by atoms with van der Waals surface area (Å²) in [5.41, 5.74) is 4.34. The average Bonchev–Trinajstić information content (AvgIpc) is 2.67. The second-order valence-electron chi connectivity index (χ2n) is 4.29. The standard InChI is InChI=1S/C14H12ClN3/c1-9-11(4-3-5-16-9)12-6-10-7-14(15)17-8-13(10)18(12)2/h3-8H,1-2H3. The lowest BCUT2D eigenvalue weighted by atomic mass is 10.1. The van der Waals surface area contributed by atoms with Gasteiger partial charge in [-0.1, -0.05) is 11.6 Å². The minimum Gasteiger partial charge on any atom is -0.342 e. The summed E-state index contributed by atoms with van der Waals surface area (Å²) in [5.74, 6) is 0. The Morgan fingerprint density at radius 3 is 2.83 bits per heavy atom. The van der Waals surface area contributed by atoms with Gasteiger partial charge in [0, 0.05) is 29.9 Å². The van der Waals surface area contributed by atoms with Crippen LogP contribution in [0.15, 0.2) is 36.7 Å². The Kier molecular flexibility index (Phi) is 2.56. The van der Waals surface area contributed by atoms with Crippen LogP contribution in [0.4, 0.5) is 0 Å². The number of halogens is 1. The third-order valence-electron chi connectivity index (χ3n) is 3.18. The van der Waals surface area contributed by atoms with Crippen molar-refractivity contribution < 1.29 is 0 Å². The van der Waals surface area contributed by atoms with Gasteiger partial charge in [0.05, 0.1) is 17.4 Å². The number of aryl methyl sites for hydroxylation is 2. The summed E-state index contributed by atoms with van der Waals surface area (Å²) in [6, 6.07) is 8.02. The second-order valence-corrected chi connectivity index (χ2v) is 4.68. The van der Waals surface area contributed by atoms with Crippen molar-refractivity contribution in [1.82, 2.24) is 14.5 Å². The Morgan fingerprint density at radius 2 is 2.06 bits per heavy atom. The van der Waals surface area contributed by atoms with Crippen molar-refractivity contribution in [2.24, 2.45) is 7.05 Å². The lowest BCUT2D eigenvalue weighted by Crippen LogP contribution is -1.94. The van der Waals surface area contributed by atoms with Crippen molar-refractivity contribution in [2.45, 2.75) is 6.92 Å². The summed E-state index contributed by atoms with van der Waals surface area (Å²) in [6.45, 7) is 2.01. The van der Waals surface area contributed by atoms with Gasteiger partial charge in [-0.3, -0.25) is 4.98 Å². The molecule has 90 valence electrons. The summed E-state index contributed by atoms with van der Waals surface area (Å²) in [5, 5.41) is 1.61. The first-order valence-corrected chi connectivity index (χ1v) is 6.07. The van der Waals surface area contributed by atoms with E-state index < -0.39 is 0 Å². The Bertz CT molecular complexity index is 731. The first kappa shape index (κ1) is 11.2. The molecule has 0 atom stereocenters. The molecule has 3 aromatic rings. The Labute approximate surface area is 110 Å². The third kappa shape index (κ3) is 1.68. The molecule has 0 N–H and O–H groups in total. The van der Waals surface area contributed by atoms with Crippen molar-refractivity contribution in [2.75, 3.05) is 0 Å². The highest BCUT2D eigenvalue weighted by molar-refractivity contribution is 6.30. The van der Waals surface area contributed by atoms with Gasteiger partial charge in [0.25, 0.3) is 0 Å². The minimum atomic E-state index is 0.516. The number of rotatable bonds is 1. The molecule has 4 heteroatoms. The number of aromatic nitrogens is 3. The van der Waals surface area contributed by atoms with Gasteiger partial charge in [-0.05, 0) is 31.2 Å². The summed E-state index contributed by atoms with van der Waals surface area (Å²) in [7, 11) is 2.03. The molecular formula is C14H12ClN3. The maximum Gasteiger partial charge on any atom is 0.129 e. The van der Waals surface area contributed by atoms with Crippen molar-refractivity contribution >= 4 is 22.5 Å². The predicted octanol–water partition coefficient (Wildman–Crippen LogP) is 3.60. The summed E-state index contributed by atoms with van der Waals surface area (Å²) in [6.07, 6.45) is 3.60. The van der Waals surface area contributed by atoms with E-state index in [1.807, 2.05) is 26.1 Å². The van der Waals surface area contributed by atoms with E-state index in [1.165, 1.54) is 0 Å².